The average Bonchev–Trinajstić information content (AvgIpc) is 2.67. The zero-order valence-corrected chi connectivity index (χ0v) is 15.3. The molecule has 0 bridgehead atoms. The Morgan fingerprint density at radius 1 is 1.26 bits per heavy atom. The van der Waals surface area contributed by atoms with E-state index in [2.05, 4.69) is 11.4 Å². The highest BCUT2D eigenvalue weighted by Gasteiger charge is 2.18. The molecule has 0 unspecified atom stereocenters. The summed E-state index contributed by atoms with van der Waals surface area (Å²) in [4.78, 5) is 33.8. The van der Waals surface area contributed by atoms with Crippen LogP contribution in [0.5, 0.6) is 5.75 Å². The van der Waals surface area contributed by atoms with Gasteiger partial charge in [-0.1, -0.05) is 11.6 Å². The number of esters is 1. The van der Waals surface area contributed by atoms with E-state index >= 15 is 0 Å². The number of ether oxygens (including phenoxy) is 2. The van der Waals surface area contributed by atoms with Crippen molar-refractivity contribution in [1.82, 2.24) is 5.32 Å². The van der Waals surface area contributed by atoms with Crippen LogP contribution in [0.4, 0.5) is 5.69 Å². The van der Waals surface area contributed by atoms with Gasteiger partial charge < -0.3 is 14.8 Å². The number of carbonyl (C=O) groups excluding carboxylic acids is 2. The van der Waals surface area contributed by atoms with Crippen molar-refractivity contribution in [2.24, 2.45) is 0 Å². The molecule has 0 heterocycles. The molecule has 1 aromatic carbocycles. The van der Waals surface area contributed by atoms with Gasteiger partial charge in [0.05, 0.1) is 4.92 Å². The van der Waals surface area contributed by atoms with E-state index in [1.54, 1.807) is 0 Å². The number of carbonyl (C=O) groups is 2. The van der Waals surface area contributed by atoms with Crippen LogP contribution in [0, 0.1) is 10.1 Å². The lowest BCUT2D eigenvalue weighted by Crippen LogP contribution is -2.37. The number of non-ortho nitro benzene ring substituents is 1. The summed E-state index contributed by atoms with van der Waals surface area (Å²) in [6.45, 7) is 1.63. The molecule has 0 saturated heterocycles. The smallest absolute Gasteiger partial charge is 0.344 e. The van der Waals surface area contributed by atoms with Gasteiger partial charge >= 0.3 is 5.97 Å². The fourth-order valence-corrected chi connectivity index (χ4v) is 2.71. The van der Waals surface area contributed by atoms with E-state index in [9.17, 15) is 19.7 Å². The molecule has 2 rings (SSSR count). The first-order chi connectivity index (χ1) is 13.0. The minimum Gasteiger partial charge on any atom is -0.482 e. The zero-order chi connectivity index (χ0) is 19.6. The predicted molar refractivity (Wildman–Crippen MR) is 98.3 cm³/mol. The van der Waals surface area contributed by atoms with Gasteiger partial charge in [-0.05, 0) is 51.2 Å². The number of nitrogens with one attached hydrogen (secondary N) is 1. The first-order valence-corrected chi connectivity index (χ1v) is 8.98. The maximum Gasteiger partial charge on any atom is 0.344 e. The molecule has 1 aromatic rings. The van der Waals surface area contributed by atoms with Gasteiger partial charge in [-0.25, -0.2) is 4.79 Å². The summed E-state index contributed by atoms with van der Waals surface area (Å²) in [6, 6.07) is 5.33. The Morgan fingerprint density at radius 3 is 2.63 bits per heavy atom. The third-order valence-electron chi connectivity index (χ3n) is 4.21. The van der Waals surface area contributed by atoms with Gasteiger partial charge in [0.2, 0.25) is 0 Å². The van der Waals surface area contributed by atoms with Gasteiger partial charge in [-0.15, -0.1) is 0 Å². The topological polar surface area (TPSA) is 108 Å². The van der Waals surface area contributed by atoms with Crippen molar-refractivity contribution in [2.75, 3.05) is 13.2 Å². The average molecular weight is 376 g/mol. The van der Waals surface area contributed by atoms with E-state index in [1.165, 1.54) is 49.6 Å². The Hall–Kier alpha value is -2.90. The van der Waals surface area contributed by atoms with E-state index in [-0.39, 0.29) is 18.2 Å². The highest BCUT2D eigenvalue weighted by Crippen LogP contribution is 2.19. The molecule has 0 aliphatic heterocycles. The molecule has 1 aliphatic carbocycles. The van der Waals surface area contributed by atoms with E-state index in [0.29, 0.717) is 12.3 Å². The van der Waals surface area contributed by atoms with Crippen LogP contribution in [0.3, 0.4) is 0 Å². The summed E-state index contributed by atoms with van der Waals surface area (Å²) < 4.78 is 10.2. The number of allylic oxidation sites excluding steroid dienone is 1. The minimum absolute atomic E-state index is 0.0702. The fourth-order valence-electron chi connectivity index (χ4n) is 2.71. The molecule has 27 heavy (non-hydrogen) atoms. The molecule has 1 atom stereocenters. The lowest BCUT2D eigenvalue weighted by Gasteiger charge is -2.15. The number of amides is 1. The Labute approximate surface area is 157 Å². The van der Waals surface area contributed by atoms with Gasteiger partial charge in [0, 0.05) is 18.7 Å². The summed E-state index contributed by atoms with van der Waals surface area (Å²) in [5.74, 6) is -0.739. The third-order valence-corrected chi connectivity index (χ3v) is 4.21. The molecule has 8 heteroatoms. The molecule has 0 saturated carbocycles. The lowest BCUT2D eigenvalue weighted by molar-refractivity contribution is -0.384. The molecule has 0 aromatic heterocycles. The van der Waals surface area contributed by atoms with Crippen LogP contribution in [-0.2, 0) is 14.3 Å². The maximum atomic E-state index is 12.0. The van der Waals surface area contributed by atoms with Crippen LogP contribution in [0.25, 0.3) is 0 Å². The summed E-state index contributed by atoms with van der Waals surface area (Å²) in [5.41, 5.74) is 1.29. The molecule has 8 nitrogen and oxygen atoms in total. The number of benzene rings is 1. The molecule has 0 radical (unpaired) electrons. The van der Waals surface area contributed by atoms with Crippen molar-refractivity contribution in [3.63, 3.8) is 0 Å². The van der Waals surface area contributed by atoms with Gasteiger partial charge in [-0.2, -0.15) is 0 Å². The SMILES string of the molecule is C[C@@H](OC(=O)COc1ccc([N+](=O)[O-])cc1)C(=O)NCCC1=CCCCC1. The Morgan fingerprint density at radius 2 is 2.00 bits per heavy atom. The standard InChI is InChI=1S/C19H24N2O6/c1-14(19(23)20-12-11-15-5-3-2-4-6-15)27-18(22)13-26-17-9-7-16(8-10-17)21(24)25/h5,7-10,14H,2-4,6,11-13H2,1H3,(H,20,23)/t14-/m1/s1. The maximum absolute atomic E-state index is 12.0. The minimum atomic E-state index is -0.918. The molecule has 0 spiro atoms. The van der Waals surface area contributed by atoms with Gasteiger partial charge in [0.1, 0.15) is 5.75 Å². The Bertz CT molecular complexity index is 699. The van der Waals surface area contributed by atoms with Crippen molar-refractivity contribution in [2.45, 2.75) is 45.1 Å². The molecule has 1 amide bonds. The molecule has 146 valence electrons. The molecule has 0 fully saturated rings. The quantitative estimate of drug-likeness (QED) is 0.307. The van der Waals surface area contributed by atoms with Gasteiger partial charge in [0.25, 0.3) is 11.6 Å². The van der Waals surface area contributed by atoms with Crippen LogP contribution in [-0.4, -0.2) is 36.1 Å². The highest BCUT2D eigenvalue weighted by atomic mass is 16.6. The van der Waals surface area contributed by atoms with Crippen molar-refractivity contribution in [1.29, 1.82) is 0 Å². The van der Waals surface area contributed by atoms with E-state index in [1.807, 2.05) is 0 Å². The van der Waals surface area contributed by atoms with Crippen molar-refractivity contribution in [3.05, 3.63) is 46.0 Å². The molecular weight excluding hydrogens is 352 g/mol. The second-order valence-corrected chi connectivity index (χ2v) is 6.32. The first-order valence-electron chi connectivity index (χ1n) is 8.98. The number of rotatable bonds is 9. The predicted octanol–water partition coefficient (Wildman–Crippen LogP) is 2.91. The van der Waals surface area contributed by atoms with Gasteiger partial charge in [-0.3, -0.25) is 14.9 Å². The van der Waals surface area contributed by atoms with Crippen molar-refractivity contribution in [3.8, 4) is 5.75 Å². The summed E-state index contributed by atoms with van der Waals surface area (Å²) in [6.07, 6.45) is 6.74. The number of nitrogens with zero attached hydrogens (tertiary/aromatic N) is 1. The van der Waals surface area contributed by atoms with Crippen molar-refractivity contribution < 1.29 is 24.0 Å². The lowest BCUT2D eigenvalue weighted by atomic mass is 9.97. The third kappa shape index (κ3) is 7.08. The molecular formula is C19H24N2O6. The van der Waals surface area contributed by atoms with Crippen LogP contribution in [0.1, 0.15) is 39.0 Å². The fraction of sp³-hybridized carbons (Fsp3) is 0.474. The van der Waals surface area contributed by atoms with E-state index < -0.39 is 17.0 Å². The van der Waals surface area contributed by atoms with Crippen LogP contribution >= 0.6 is 0 Å². The Balaban J connectivity index is 1.66. The summed E-state index contributed by atoms with van der Waals surface area (Å²) in [5, 5.41) is 13.3. The largest absolute Gasteiger partial charge is 0.482 e. The van der Waals surface area contributed by atoms with Crippen LogP contribution in [0.15, 0.2) is 35.9 Å². The Kier molecular flexibility index (Phi) is 7.79. The highest BCUT2D eigenvalue weighted by molar-refractivity contribution is 5.83. The molecule has 1 N–H and O–H groups in total. The second kappa shape index (κ2) is 10.3. The zero-order valence-electron chi connectivity index (χ0n) is 15.3. The number of hydrogen-bond donors (Lipinski definition) is 1. The van der Waals surface area contributed by atoms with Crippen LogP contribution in [0.2, 0.25) is 0 Å². The van der Waals surface area contributed by atoms with Crippen LogP contribution < -0.4 is 10.1 Å². The van der Waals surface area contributed by atoms with E-state index in [4.69, 9.17) is 9.47 Å². The van der Waals surface area contributed by atoms with Gasteiger partial charge in [0.15, 0.2) is 12.7 Å². The normalized spacial score (nSPS) is 14.6. The second-order valence-electron chi connectivity index (χ2n) is 6.32. The number of hydrogen-bond acceptors (Lipinski definition) is 6. The van der Waals surface area contributed by atoms with E-state index in [0.717, 1.165) is 19.3 Å². The first kappa shape index (κ1) is 20.4. The summed E-state index contributed by atoms with van der Waals surface area (Å²) >= 11 is 0. The monoisotopic (exact) mass is 376 g/mol. The summed E-state index contributed by atoms with van der Waals surface area (Å²) in [7, 11) is 0. The van der Waals surface area contributed by atoms with Crippen molar-refractivity contribution >= 4 is 17.6 Å². The molecule has 1 aliphatic rings. The number of nitro groups is 1. The number of nitro benzene ring substituents is 1.